The van der Waals surface area contributed by atoms with E-state index in [1.807, 2.05) is 10.7 Å². The summed E-state index contributed by atoms with van der Waals surface area (Å²) in [6, 6.07) is 2.35. The summed E-state index contributed by atoms with van der Waals surface area (Å²) < 4.78 is 12.8. The van der Waals surface area contributed by atoms with Crippen molar-refractivity contribution < 1.29 is 9.47 Å². The van der Waals surface area contributed by atoms with Gasteiger partial charge in [-0.15, -0.1) is 0 Å². The second kappa shape index (κ2) is 3.50. The van der Waals surface area contributed by atoms with Crippen molar-refractivity contribution in [3.8, 4) is 5.88 Å². The van der Waals surface area contributed by atoms with Gasteiger partial charge in [0.15, 0.2) is 0 Å². The highest BCUT2D eigenvalue weighted by Gasteiger charge is 2.34. The van der Waals surface area contributed by atoms with E-state index in [4.69, 9.17) is 9.47 Å². The molecule has 0 radical (unpaired) electrons. The summed E-state index contributed by atoms with van der Waals surface area (Å²) >= 11 is 0. The fraction of sp³-hybridized carbons (Fsp3) is 0.700. The first-order valence-corrected chi connectivity index (χ1v) is 5.28. The van der Waals surface area contributed by atoms with E-state index < -0.39 is 0 Å². The molecule has 0 amide bonds. The normalized spacial score (nSPS) is 26.9. The lowest BCUT2D eigenvalue weighted by molar-refractivity contribution is -0.0683. The molecule has 1 unspecified atom stereocenters. The van der Waals surface area contributed by atoms with E-state index in [2.05, 4.69) is 10.00 Å². The SMILES string of the molecule is COC1CN(C2COc3ccnn3C2)C1. The van der Waals surface area contributed by atoms with Gasteiger partial charge in [0.05, 0.1) is 24.9 Å². The first kappa shape index (κ1) is 9.18. The van der Waals surface area contributed by atoms with Gasteiger partial charge < -0.3 is 9.47 Å². The van der Waals surface area contributed by atoms with Gasteiger partial charge in [-0.1, -0.05) is 0 Å². The van der Waals surface area contributed by atoms with Crippen molar-refractivity contribution in [3.63, 3.8) is 0 Å². The van der Waals surface area contributed by atoms with E-state index in [1.165, 1.54) is 0 Å². The van der Waals surface area contributed by atoms with Crippen LogP contribution in [-0.4, -0.2) is 53.6 Å². The van der Waals surface area contributed by atoms with Crippen molar-refractivity contribution >= 4 is 0 Å². The Balaban J connectivity index is 1.62. The van der Waals surface area contributed by atoms with Gasteiger partial charge in [-0.3, -0.25) is 4.90 Å². The summed E-state index contributed by atoms with van der Waals surface area (Å²) in [5.41, 5.74) is 0. The van der Waals surface area contributed by atoms with Gasteiger partial charge in [0.25, 0.3) is 0 Å². The molecular formula is C10H15N3O2. The molecule has 0 aliphatic carbocycles. The third-order valence-corrected chi connectivity index (χ3v) is 3.21. The van der Waals surface area contributed by atoms with Crippen LogP contribution in [0.4, 0.5) is 0 Å². The van der Waals surface area contributed by atoms with Crippen LogP contribution in [0.5, 0.6) is 5.88 Å². The van der Waals surface area contributed by atoms with E-state index in [9.17, 15) is 0 Å². The van der Waals surface area contributed by atoms with Crippen LogP contribution in [0.3, 0.4) is 0 Å². The molecule has 1 atom stereocenters. The zero-order valence-corrected chi connectivity index (χ0v) is 8.80. The van der Waals surface area contributed by atoms with E-state index in [0.717, 1.165) is 32.1 Å². The Bertz CT molecular complexity index is 346. The van der Waals surface area contributed by atoms with Gasteiger partial charge in [-0.05, 0) is 0 Å². The molecular weight excluding hydrogens is 194 g/mol. The number of nitrogens with zero attached hydrogens (tertiary/aromatic N) is 3. The molecule has 2 aliphatic heterocycles. The summed E-state index contributed by atoms with van der Waals surface area (Å²) in [7, 11) is 1.77. The number of hydrogen-bond acceptors (Lipinski definition) is 4. The first-order chi connectivity index (χ1) is 7.36. The average molecular weight is 209 g/mol. The molecule has 2 aliphatic rings. The highest BCUT2D eigenvalue weighted by atomic mass is 16.5. The van der Waals surface area contributed by atoms with Gasteiger partial charge in [0.1, 0.15) is 6.61 Å². The predicted molar refractivity (Wildman–Crippen MR) is 53.9 cm³/mol. The summed E-state index contributed by atoms with van der Waals surface area (Å²) in [4.78, 5) is 2.39. The Kier molecular flexibility index (Phi) is 2.14. The number of likely N-dealkylation sites (tertiary alicyclic amines) is 1. The van der Waals surface area contributed by atoms with Gasteiger partial charge in [0.2, 0.25) is 5.88 Å². The number of ether oxygens (including phenoxy) is 2. The molecule has 1 aromatic rings. The summed E-state index contributed by atoms with van der Waals surface area (Å²) in [5, 5.41) is 4.22. The van der Waals surface area contributed by atoms with Crippen molar-refractivity contribution in [2.75, 3.05) is 26.8 Å². The molecule has 82 valence electrons. The lowest BCUT2D eigenvalue weighted by Crippen LogP contribution is -2.59. The number of methoxy groups -OCH3 is 1. The van der Waals surface area contributed by atoms with Crippen LogP contribution in [-0.2, 0) is 11.3 Å². The third-order valence-electron chi connectivity index (χ3n) is 3.21. The Morgan fingerprint density at radius 2 is 2.33 bits per heavy atom. The molecule has 5 nitrogen and oxygen atoms in total. The Morgan fingerprint density at radius 1 is 1.47 bits per heavy atom. The summed E-state index contributed by atoms with van der Waals surface area (Å²) in [6.45, 7) is 3.73. The maximum Gasteiger partial charge on any atom is 0.211 e. The fourth-order valence-electron chi connectivity index (χ4n) is 2.15. The number of hydrogen-bond donors (Lipinski definition) is 0. The van der Waals surface area contributed by atoms with Gasteiger partial charge in [-0.2, -0.15) is 5.10 Å². The highest BCUT2D eigenvalue weighted by molar-refractivity contribution is 5.10. The van der Waals surface area contributed by atoms with Crippen LogP contribution in [0.1, 0.15) is 0 Å². The van der Waals surface area contributed by atoms with E-state index in [1.54, 1.807) is 13.3 Å². The Morgan fingerprint density at radius 3 is 3.13 bits per heavy atom. The Hall–Kier alpha value is -1.07. The minimum absolute atomic E-state index is 0.406. The molecule has 1 saturated heterocycles. The Labute approximate surface area is 88.6 Å². The minimum atomic E-state index is 0.406. The van der Waals surface area contributed by atoms with Crippen LogP contribution in [0, 0.1) is 0 Å². The van der Waals surface area contributed by atoms with Gasteiger partial charge in [0, 0.05) is 26.3 Å². The summed E-state index contributed by atoms with van der Waals surface area (Å²) in [6.07, 6.45) is 2.19. The van der Waals surface area contributed by atoms with Crippen molar-refractivity contribution in [1.82, 2.24) is 14.7 Å². The lowest BCUT2D eigenvalue weighted by Gasteiger charge is -2.44. The maximum atomic E-state index is 5.62. The van der Waals surface area contributed by atoms with Crippen molar-refractivity contribution in [2.24, 2.45) is 0 Å². The molecule has 0 aromatic carbocycles. The van der Waals surface area contributed by atoms with Crippen LogP contribution in [0.15, 0.2) is 12.3 Å². The first-order valence-electron chi connectivity index (χ1n) is 5.28. The predicted octanol–water partition coefficient (Wildman–Crippen LogP) is -0.0253. The van der Waals surface area contributed by atoms with Crippen LogP contribution >= 0.6 is 0 Å². The van der Waals surface area contributed by atoms with Crippen LogP contribution < -0.4 is 4.74 Å². The smallest absolute Gasteiger partial charge is 0.211 e. The number of rotatable bonds is 2. The maximum absolute atomic E-state index is 5.62. The number of aromatic nitrogens is 2. The second-order valence-electron chi connectivity index (χ2n) is 4.13. The second-order valence-corrected chi connectivity index (χ2v) is 4.13. The highest BCUT2D eigenvalue weighted by Crippen LogP contribution is 2.22. The zero-order chi connectivity index (χ0) is 10.3. The van der Waals surface area contributed by atoms with Crippen molar-refractivity contribution in [2.45, 2.75) is 18.7 Å². The quantitative estimate of drug-likeness (QED) is 0.686. The fourth-order valence-corrected chi connectivity index (χ4v) is 2.15. The number of fused-ring (bicyclic) bond motifs is 1. The molecule has 1 aromatic heterocycles. The lowest BCUT2D eigenvalue weighted by atomic mass is 10.1. The van der Waals surface area contributed by atoms with Crippen LogP contribution in [0.2, 0.25) is 0 Å². The monoisotopic (exact) mass is 209 g/mol. The molecule has 0 N–H and O–H groups in total. The molecule has 3 rings (SSSR count). The van der Waals surface area contributed by atoms with Gasteiger partial charge >= 0.3 is 0 Å². The molecule has 3 heterocycles. The van der Waals surface area contributed by atoms with Gasteiger partial charge in [-0.25, -0.2) is 4.68 Å². The topological polar surface area (TPSA) is 39.5 Å². The molecule has 5 heteroatoms. The molecule has 0 bridgehead atoms. The third kappa shape index (κ3) is 1.52. The standard InChI is InChI=1S/C10H15N3O2/c1-14-9-5-12(6-9)8-4-13-10(15-7-8)2-3-11-13/h2-3,8-9H,4-7H2,1H3. The van der Waals surface area contributed by atoms with E-state index >= 15 is 0 Å². The zero-order valence-electron chi connectivity index (χ0n) is 8.80. The van der Waals surface area contributed by atoms with E-state index in [-0.39, 0.29) is 0 Å². The molecule has 1 fully saturated rings. The van der Waals surface area contributed by atoms with Crippen molar-refractivity contribution in [3.05, 3.63) is 12.3 Å². The van der Waals surface area contributed by atoms with E-state index in [0.29, 0.717) is 12.1 Å². The van der Waals surface area contributed by atoms with Crippen LogP contribution in [0.25, 0.3) is 0 Å². The largest absolute Gasteiger partial charge is 0.476 e. The molecule has 0 spiro atoms. The average Bonchev–Trinajstić information content (AvgIpc) is 2.63. The van der Waals surface area contributed by atoms with Crippen molar-refractivity contribution in [1.29, 1.82) is 0 Å². The molecule has 15 heavy (non-hydrogen) atoms. The summed E-state index contributed by atoms with van der Waals surface area (Å²) in [5.74, 6) is 0.884. The minimum Gasteiger partial charge on any atom is -0.476 e. The molecule has 0 saturated carbocycles.